The first-order valence-corrected chi connectivity index (χ1v) is 7.59. The van der Waals surface area contributed by atoms with Crippen LogP contribution in [-0.4, -0.2) is 17.7 Å². The van der Waals surface area contributed by atoms with E-state index in [1.807, 2.05) is 12.1 Å². The van der Waals surface area contributed by atoms with E-state index in [4.69, 9.17) is 11.6 Å². The Bertz CT molecular complexity index is 390. The zero-order chi connectivity index (χ0) is 14.4. The highest BCUT2D eigenvalue weighted by Crippen LogP contribution is 2.29. The van der Waals surface area contributed by atoms with Gasteiger partial charge in [0.2, 0.25) is 0 Å². The molecule has 0 bridgehead atoms. The van der Waals surface area contributed by atoms with E-state index in [0.29, 0.717) is 11.1 Å². The Morgan fingerprint density at radius 3 is 2.37 bits per heavy atom. The van der Waals surface area contributed by atoms with Gasteiger partial charge in [0.15, 0.2) is 0 Å². The average molecular weight is 284 g/mol. The first kappa shape index (κ1) is 16.3. The van der Waals surface area contributed by atoms with E-state index in [9.17, 15) is 5.11 Å². The summed E-state index contributed by atoms with van der Waals surface area (Å²) in [6, 6.07) is 6.40. The highest BCUT2D eigenvalue weighted by molar-refractivity contribution is 6.31. The van der Waals surface area contributed by atoms with Gasteiger partial charge in [-0.25, -0.2) is 0 Å². The van der Waals surface area contributed by atoms with Crippen LogP contribution in [0.25, 0.3) is 0 Å². The number of benzene rings is 1. The number of nitrogens with zero attached hydrogens (tertiary/aromatic N) is 1. The molecule has 0 saturated heterocycles. The SMILES string of the molecule is CCCCCN(c1ccc(C(C)O)c(Cl)c1)C(C)C. The number of aliphatic hydroxyl groups is 1. The fourth-order valence-corrected chi connectivity index (χ4v) is 2.58. The molecule has 0 saturated carbocycles. The maximum atomic E-state index is 9.62. The summed E-state index contributed by atoms with van der Waals surface area (Å²) in [5.41, 5.74) is 1.93. The molecular formula is C16H26ClNO. The summed E-state index contributed by atoms with van der Waals surface area (Å²) in [6.45, 7) is 9.40. The van der Waals surface area contributed by atoms with Gasteiger partial charge in [-0.2, -0.15) is 0 Å². The second kappa shape index (κ2) is 7.76. The highest BCUT2D eigenvalue weighted by Gasteiger charge is 2.13. The Morgan fingerprint density at radius 2 is 1.89 bits per heavy atom. The van der Waals surface area contributed by atoms with E-state index < -0.39 is 6.10 Å². The van der Waals surface area contributed by atoms with Gasteiger partial charge in [-0.15, -0.1) is 0 Å². The Labute approximate surface area is 122 Å². The molecule has 1 atom stereocenters. The van der Waals surface area contributed by atoms with Crippen molar-refractivity contribution >= 4 is 17.3 Å². The summed E-state index contributed by atoms with van der Waals surface area (Å²) in [5, 5.41) is 10.3. The third-order valence-corrected chi connectivity index (χ3v) is 3.72. The number of unbranched alkanes of at least 4 members (excludes halogenated alkanes) is 2. The Morgan fingerprint density at radius 1 is 1.21 bits per heavy atom. The maximum Gasteiger partial charge on any atom is 0.0776 e. The lowest BCUT2D eigenvalue weighted by molar-refractivity contribution is 0.199. The third-order valence-electron chi connectivity index (χ3n) is 3.39. The molecule has 19 heavy (non-hydrogen) atoms. The monoisotopic (exact) mass is 283 g/mol. The molecule has 1 unspecified atom stereocenters. The summed E-state index contributed by atoms with van der Waals surface area (Å²) in [6.07, 6.45) is 3.16. The molecule has 1 N–H and O–H groups in total. The largest absolute Gasteiger partial charge is 0.389 e. The van der Waals surface area contributed by atoms with Crippen LogP contribution >= 0.6 is 11.6 Å². The third kappa shape index (κ3) is 4.70. The number of hydrogen-bond donors (Lipinski definition) is 1. The van der Waals surface area contributed by atoms with Gasteiger partial charge in [0.1, 0.15) is 0 Å². The molecule has 0 aromatic heterocycles. The number of halogens is 1. The molecule has 0 heterocycles. The van der Waals surface area contributed by atoms with Crippen LogP contribution in [0, 0.1) is 0 Å². The van der Waals surface area contributed by atoms with Gasteiger partial charge < -0.3 is 10.0 Å². The number of hydrogen-bond acceptors (Lipinski definition) is 2. The molecule has 1 rings (SSSR count). The Hall–Kier alpha value is -0.730. The smallest absolute Gasteiger partial charge is 0.0776 e. The van der Waals surface area contributed by atoms with Gasteiger partial charge in [-0.3, -0.25) is 0 Å². The van der Waals surface area contributed by atoms with Gasteiger partial charge in [-0.05, 0) is 44.9 Å². The molecular weight excluding hydrogens is 258 g/mol. The fraction of sp³-hybridized carbons (Fsp3) is 0.625. The van der Waals surface area contributed by atoms with Gasteiger partial charge in [0.05, 0.1) is 6.10 Å². The molecule has 0 fully saturated rings. The first-order valence-electron chi connectivity index (χ1n) is 7.21. The average Bonchev–Trinajstić information content (AvgIpc) is 2.33. The van der Waals surface area contributed by atoms with E-state index in [0.717, 1.165) is 17.8 Å². The van der Waals surface area contributed by atoms with Crippen molar-refractivity contribution in [3.05, 3.63) is 28.8 Å². The van der Waals surface area contributed by atoms with E-state index in [-0.39, 0.29) is 0 Å². The van der Waals surface area contributed by atoms with Crippen LogP contribution in [0.5, 0.6) is 0 Å². The van der Waals surface area contributed by atoms with Crippen LogP contribution in [0.2, 0.25) is 5.02 Å². The van der Waals surface area contributed by atoms with E-state index >= 15 is 0 Å². The van der Waals surface area contributed by atoms with Crippen LogP contribution in [0.4, 0.5) is 5.69 Å². The normalized spacial score (nSPS) is 12.8. The van der Waals surface area contributed by atoms with E-state index in [1.165, 1.54) is 19.3 Å². The van der Waals surface area contributed by atoms with Gasteiger partial charge in [-0.1, -0.05) is 37.4 Å². The van der Waals surface area contributed by atoms with Crippen molar-refractivity contribution in [2.75, 3.05) is 11.4 Å². The van der Waals surface area contributed by atoms with Crippen LogP contribution in [0.3, 0.4) is 0 Å². The lowest BCUT2D eigenvalue weighted by Gasteiger charge is -2.29. The molecule has 0 aliphatic rings. The summed E-state index contributed by atoms with van der Waals surface area (Å²) >= 11 is 6.25. The summed E-state index contributed by atoms with van der Waals surface area (Å²) in [4.78, 5) is 2.37. The summed E-state index contributed by atoms with van der Waals surface area (Å²) in [5.74, 6) is 0. The zero-order valence-electron chi connectivity index (χ0n) is 12.5. The minimum absolute atomic E-state index is 0.449. The fourth-order valence-electron chi connectivity index (χ4n) is 2.25. The lowest BCUT2D eigenvalue weighted by atomic mass is 10.1. The van der Waals surface area contributed by atoms with Crippen molar-refractivity contribution in [3.63, 3.8) is 0 Å². The first-order chi connectivity index (χ1) is 8.97. The molecule has 0 aliphatic carbocycles. The second-order valence-corrected chi connectivity index (χ2v) is 5.78. The van der Waals surface area contributed by atoms with Gasteiger partial charge >= 0.3 is 0 Å². The van der Waals surface area contributed by atoms with Crippen molar-refractivity contribution in [1.82, 2.24) is 0 Å². The van der Waals surface area contributed by atoms with E-state index in [1.54, 1.807) is 6.92 Å². The van der Waals surface area contributed by atoms with Crippen molar-refractivity contribution in [2.24, 2.45) is 0 Å². The standard InChI is InChI=1S/C16H26ClNO/c1-5-6-7-10-18(12(2)3)14-8-9-15(13(4)19)16(17)11-14/h8-9,11-13,19H,5-7,10H2,1-4H3. The minimum atomic E-state index is -0.519. The number of aliphatic hydroxyl groups excluding tert-OH is 1. The van der Waals surface area contributed by atoms with Crippen LogP contribution < -0.4 is 4.90 Å². The number of anilines is 1. The van der Waals surface area contributed by atoms with E-state index in [2.05, 4.69) is 31.7 Å². The lowest BCUT2D eigenvalue weighted by Crippen LogP contribution is -2.31. The molecule has 0 amide bonds. The summed E-state index contributed by atoms with van der Waals surface area (Å²) in [7, 11) is 0. The molecule has 2 nitrogen and oxygen atoms in total. The minimum Gasteiger partial charge on any atom is -0.389 e. The van der Waals surface area contributed by atoms with Gasteiger partial charge in [0, 0.05) is 23.3 Å². The topological polar surface area (TPSA) is 23.5 Å². The van der Waals surface area contributed by atoms with Crippen LogP contribution in [0.1, 0.15) is 58.6 Å². The highest BCUT2D eigenvalue weighted by atomic mass is 35.5. The molecule has 1 aromatic rings. The zero-order valence-corrected chi connectivity index (χ0v) is 13.2. The predicted molar refractivity (Wildman–Crippen MR) is 84.1 cm³/mol. The summed E-state index contributed by atoms with van der Waals surface area (Å²) < 4.78 is 0. The van der Waals surface area contributed by atoms with Crippen LogP contribution in [0.15, 0.2) is 18.2 Å². The molecule has 0 radical (unpaired) electrons. The molecule has 1 aromatic carbocycles. The Kier molecular flexibility index (Phi) is 6.67. The molecule has 0 spiro atoms. The van der Waals surface area contributed by atoms with Crippen molar-refractivity contribution in [3.8, 4) is 0 Å². The maximum absolute atomic E-state index is 9.62. The van der Waals surface area contributed by atoms with Crippen molar-refractivity contribution in [2.45, 2.75) is 59.1 Å². The van der Waals surface area contributed by atoms with Crippen molar-refractivity contribution in [1.29, 1.82) is 0 Å². The predicted octanol–water partition coefficient (Wildman–Crippen LogP) is 4.80. The number of rotatable bonds is 7. The van der Waals surface area contributed by atoms with Crippen LogP contribution in [-0.2, 0) is 0 Å². The van der Waals surface area contributed by atoms with Crippen molar-refractivity contribution < 1.29 is 5.11 Å². The molecule has 108 valence electrons. The second-order valence-electron chi connectivity index (χ2n) is 5.38. The molecule has 3 heteroatoms. The quantitative estimate of drug-likeness (QED) is 0.727. The van der Waals surface area contributed by atoms with Gasteiger partial charge in [0.25, 0.3) is 0 Å². The molecule has 0 aliphatic heterocycles. The Balaban J connectivity index is 2.87.